The van der Waals surface area contributed by atoms with Crippen LogP contribution in [0.4, 0.5) is 0 Å². The molecule has 2 nitrogen and oxygen atoms in total. The van der Waals surface area contributed by atoms with E-state index in [-0.39, 0.29) is 0 Å². The first-order chi connectivity index (χ1) is 9.88. The van der Waals surface area contributed by atoms with E-state index in [1.54, 1.807) is 0 Å². The molecule has 2 unspecified atom stereocenters. The average Bonchev–Trinajstić information content (AvgIpc) is 2.44. The van der Waals surface area contributed by atoms with Crippen LogP contribution in [-0.2, 0) is 0 Å². The quantitative estimate of drug-likeness (QED) is 0.845. The van der Waals surface area contributed by atoms with Crippen LogP contribution in [0.5, 0.6) is 0 Å². The van der Waals surface area contributed by atoms with Gasteiger partial charge >= 0.3 is 0 Å². The molecular weight excluding hydrogens is 256 g/mol. The van der Waals surface area contributed by atoms with Gasteiger partial charge in [-0.2, -0.15) is 0 Å². The van der Waals surface area contributed by atoms with Crippen LogP contribution in [0.15, 0.2) is 42.0 Å². The minimum absolute atomic E-state index is 0.297. The van der Waals surface area contributed by atoms with Crippen molar-refractivity contribution in [2.24, 2.45) is 5.41 Å². The summed E-state index contributed by atoms with van der Waals surface area (Å²) in [7, 11) is 0. The Morgan fingerprint density at radius 3 is 2.48 bits per heavy atom. The Bertz CT molecular complexity index is 466. The molecule has 1 aromatic rings. The third-order valence-electron chi connectivity index (χ3n) is 4.38. The fourth-order valence-electron chi connectivity index (χ4n) is 2.89. The molecular formula is C19H30N2. The van der Waals surface area contributed by atoms with Gasteiger partial charge in [0.1, 0.15) is 0 Å². The molecule has 0 saturated carbocycles. The van der Waals surface area contributed by atoms with Crippen molar-refractivity contribution in [2.45, 2.75) is 46.7 Å². The van der Waals surface area contributed by atoms with Crippen molar-refractivity contribution < 1.29 is 0 Å². The van der Waals surface area contributed by atoms with Crippen molar-refractivity contribution in [1.29, 1.82) is 0 Å². The second kappa shape index (κ2) is 6.76. The molecule has 0 aromatic heterocycles. The number of hydrogen-bond acceptors (Lipinski definition) is 2. The predicted molar refractivity (Wildman–Crippen MR) is 91.4 cm³/mol. The Morgan fingerprint density at radius 2 is 1.90 bits per heavy atom. The summed E-state index contributed by atoms with van der Waals surface area (Å²) in [5, 5.41) is 3.76. The zero-order chi connectivity index (χ0) is 15.5. The van der Waals surface area contributed by atoms with E-state index in [1.807, 2.05) is 0 Å². The lowest BCUT2D eigenvalue weighted by Gasteiger charge is -2.45. The summed E-state index contributed by atoms with van der Waals surface area (Å²) in [5.41, 5.74) is 3.11. The van der Waals surface area contributed by atoms with Crippen LogP contribution in [0.2, 0.25) is 0 Å². The van der Waals surface area contributed by atoms with E-state index >= 15 is 0 Å². The van der Waals surface area contributed by atoms with Crippen molar-refractivity contribution in [3.8, 4) is 0 Å². The van der Waals surface area contributed by atoms with Crippen molar-refractivity contribution in [1.82, 2.24) is 10.2 Å². The highest BCUT2D eigenvalue weighted by Gasteiger charge is 2.34. The van der Waals surface area contributed by atoms with Gasteiger partial charge in [-0.25, -0.2) is 0 Å². The van der Waals surface area contributed by atoms with Crippen LogP contribution in [0.25, 0.3) is 0 Å². The third-order valence-corrected chi connectivity index (χ3v) is 4.38. The predicted octanol–water partition coefficient (Wildman–Crippen LogP) is 4.01. The number of nitrogens with zero attached hydrogens (tertiary/aromatic N) is 1. The fraction of sp³-hybridized carbons (Fsp3) is 0.579. The molecule has 1 fully saturated rings. The zero-order valence-electron chi connectivity index (χ0n) is 14.2. The standard InChI is InChI=1S/C19H30N2/c1-15(2)11-12-21-14-18(19(3,4)5)20-13-17(21)16-9-7-6-8-10-16/h6-11,17-18,20H,12-14H2,1-5H3. The fourth-order valence-corrected chi connectivity index (χ4v) is 2.89. The largest absolute Gasteiger partial charge is 0.310 e. The van der Waals surface area contributed by atoms with Gasteiger partial charge in [-0.05, 0) is 24.8 Å². The maximum atomic E-state index is 3.76. The highest BCUT2D eigenvalue weighted by atomic mass is 15.2. The lowest BCUT2D eigenvalue weighted by atomic mass is 9.84. The summed E-state index contributed by atoms with van der Waals surface area (Å²) >= 11 is 0. The summed E-state index contributed by atoms with van der Waals surface area (Å²) in [4.78, 5) is 2.62. The minimum atomic E-state index is 0.297. The van der Waals surface area contributed by atoms with Crippen molar-refractivity contribution >= 4 is 0 Å². The second-order valence-electron chi connectivity index (χ2n) is 7.49. The Hall–Kier alpha value is -1.12. The summed E-state index contributed by atoms with van der Waals surface area (Å²) in [6.07, 6.45) is 2.35. The normalized spacial score (nSPS) is 23.9. The summed E-state index contributed by atoms with van der Waals surface area (Å²) in [5.74, 6) is 0. The number of benzene rings is 1. The monoisotopic (exact) mass is 286 g/mol. The van der Waals surface area contributed by atoms with E-state index in [1.165, 1.54) is 11.1 Å². The summed E-state index contributed by atoms with van der Waals surface area (Å²) < 4.78 is 0. The molecule has 1 heterocycles. The highest BCUT2D eigenvalue weighted by Crippen LogP contribution is 2.29. The molecule has 0 spiro atoms. The van der Waals surface area contributed by atoms with Gasteiger partial charge in [0, 0.05) is 31.7 Å². The van der Waals surface area contributed by atoms with Crippen LogP contribution < -0.4 is 5.32 Å². The summed E-state index contributed by atoms with van der Waals surface area (Å²) in [6, 6.07) is 11.9. The number of piperazine rings is 1. The first-order valence-corrected chi connectivity index (χ1v) is 8.03. The van der Waals surface area contributed by atoms with Gasteiger partial charge in [-0.1, -0.05) is 62.8 Å². The van der Waals surface area contributed by atoms with Gasteiger partial charge in [0.15, 0.2) is 0 Å². The van der Waals surface area contributed by atoms with E-state index in [9.17, 15) is 0 Å². The number of hydrogen-bond donors (Lipinski definition) is 1. The maximum absolute atomic E-state index is 3.76. The Morgan fingerprint density at radius 1 is 1.24 bits per heavy atom. The van der Waals surface area contributed by atoms with Crippen LogP contribution in [-0.4, -0.2) is 30.6 Å². The number of allylic oxidation sites excluding steroid dienone is 1. The van der Waals surface area contributed by atoms with Crippen molar-refractivity contribution in [3.63, 3.8) is 0 Å². The molecule has 0 bridgehead atoms. The molecule has 116 valence electrons. The van der Waals surface area contributed by atoms with Crippen LogP contribution >= 0.6 is 0 Å². The molecule has 0 amide bonds. The molecule has 21 heavy (non-hydrogen) atoms. The molecule has 2 atom stereocenters. The first-order valence-electron chi connectivity index (χ1n) is 8.03. The van der Waals surface area contributed by atoms with Gasteiger partial charge in [0.2, 0.25) is 0 Å². The van der Waals surface area contributed by atoms with E-state index in [0.29, 0.717) is 17.5 Å². The molecule has 1 saturated heterocycles. The number of nitrogens with one attached hydrogen (secondary N) is 1. The Labute approximate surface area is 130 Å². The average molecular weight is 286 g/mol. The minimum Gasteiger partial charge on any atom is -0.310 e. The van der Waals surface area contributed by atoms with Crippen LogP contribution in [0, 0.1) is 5.41 Å². The smallest absolute Gasteiger partial charge is 0.0476 e. The van der Waals surface area contributed by atoms with Crippen molar-refractivity contribution in [2.75, 3.05) is 19.6 Å². The van der Waals surface area contributed by atoms with Gasteiger partial charge < -0.3 is 5.32 Å². The van der Waals surface area contributed by atoms with Gasteiger partial charge in [-0.3, -0.25) is 4.90 Å². The Balaban J connectivity index is 2.18. The van der Waals surface area contributed by atoms with Crippen LogP contribution in [0.3, 0.4) is 0 Å². The lowest BCUT2D eigenvalue weighted by molar-refractivity contribution is 0.0956. The van der Waals surface area contributed by atoms with Gasteiger partial charge in [-0.15, -0.1) is 0 Å². The van der Waals surface area contributed by atoms with E-state index < -0.39 is 0 Å². The topological polar surface area (TPSA) is 15.3 Å². The molecule has 2 rings (SSSR count). The van der Waals surface area contributed by atoms with E-state index in [2.05, 4.69) is 81.2 Å². The van der Waals surface area contributed by atoms with Crippen LogP contribution in [0.1, 0.15) is 46.2 Å². The molecule has 1 aliphatic rings. The maximum Gasteiger partial charge on any atom is 0.0476 e. The molecule has 1 aromatic carbocycles. The molecule has 2 heteroatoms. The molecule has 0 radical (unpaired) electrons. The van der Waals surface area contributed by atoms with Gasteiger partial charge in [0.25, 0.3) is 0 Å². The third kappa shape index (κ3) is 4.42. The number of rotatable bonds is 3. The second-order valence-corrected chi connectivity index (χ2v) is 7.49. The van der Waals surface area contributed by atoms with Crippen molar-refractivity contribution in [3.05, 3.63) is 47.5 Å². The first kappa shape index (κ1) is 16.3. The lowest BCUT2D eigenvalue weighted by Crippen LogP contribution is -2.56. The summed E-state index contributed by atoms with van der Waals surface area (Å²) in [6.45, 7) is 14.5. The molecule has 1 aliphatic heterocycles. The molecule has 1 N–H and O–H groups in total. The molecule has 0 aliphatic carbocycles. The van der Waals surface area contributed by atoms with E-state index in [4.69, 9.17) is 0 Å². The van der Waals surface area contributed by atoms with Gasteiger partial charge in [0.05, 0.1) is 0 Å². The zero-order valence-corrected chi connectivity index (χ0v) is 14.2. The highest BCUT2D eigenvalue weighted by molar-refractivity contribution is 5.21. The van der Waals surface area contributed by atoms with E-state index in [0.717, 1.165) is 19.6 Å². The SMILES string of the molecule is CC(C)=CCN1CC(C(C)(C)C)NCC1c1ccccc1. The Kier molecular flexibility index (Phi) is 5.23.